The molecule has 1 atom stereocenters. The van der Waals surface area contributed by atoms with Crippen molar-refractivity contribution in [2.45, 2.75) is 25.7 Å². The maximum Gasteiger partial charge on any atom is 0.123 e. The van der Waals surface area contributed by atoms with Gasteiger partial charge in [0.1, 0.15) is 5.75 Å². The fourth-order valence-electron chi connectivity index (χ4n) is 2.18. The zero-order chi connectivity index (χ0) is 10.8. The molecule has 1 unspecified atom stereocenters. The number of hydrogen-bond donors (Lipinski definition) is 2. The Morgan fingerprint density at radius 1 is 1.47 bits per heavy atom. The molecule has 1 fully saturated rings. The second-order valence-corrected chi connectivity index (χ2v) is 4.58. The number of hydrogen-bond acceptors (Lipinski definition) is 2. The van der Waals surface area contributed by atoms with Gasteiger partial charge in [-0.05, 0) is 37.9 Å². The van der Waals surface area contributed by atoms with Gasteiger partial charge in [-0.2, -0.15) is 0 Å². The van der Waals surface area contributed by atoms with E-state index in [1.807, 2.05) is 19.1 Å². The van der Waals surface area contributed by atoms with E-state index in [1.54, 1.807) is 0 Å². The van der Waals surface area contributed by atoms with Gasteiger partial charge in [0.15, 0.2) is 0 Å². The monoisotopic (exact) mass is 225 g/mol. The van der Waals surface area contributed by atoms with Crippen molar-refractivity contribution >= 4 is 11.6 Å². The molecule has 1 aliphatic heterocycles. The van der Waals surface area contributed by atoms with Crippen LogP contribution >= 0.6 is 11.6 Å². The third-order valence-corrected chi connectivity index (χ3v) is 3.40. The van der Waals surface area contributed by atoms with Gasteiger partial charge in [-0.3, -0.25) is 0 Å². The van der Waals surface area contributed by atoms with E-state index in [0.29, 0.717) is 16.7 Å². The quantitative estimate of drug-likeness (QED) is 0.771. The lowest BCUT2D eigenvalue weighted by molar-refractivity contribution is 0.423. The average molecular weight is 226 g/mol. The topological polar surface area (TPSA) is 32.3 Å². The van der Waals surface area contributed by atoms with E-state index in [2.05, 4.69) is 5.32 Å². The van der Waals surface area contributed by atoms with Crippen molar-refractivity contribution in [2.24, 2.45) is 0 Å². The molecule has 0 aliphatic carbocycles. The Bertz CT molecular complexity index is 359. The van der Waals surface area contributed by atoms with Crippen LogP contribution in [0.2, 0.25) is 5.02 Å². The molecule has 0 aromatic heterocycles. The van der Waals surface area contributed by atoms with Crippen molar-refractivity contribution in [2.75, 3.05) is 13.1 Å². The largest absolute Gasteiger partial charge is 0.507 e. The van der Waals surface area contributed by atoms with Crippen LogP contribution in [0, 0.1) is 6.92 Å². The van der Waals surface area contributed by atoms with Crippen LogP contribution < -0.4 is 5.32 Å². The van der Waals surface area contributed by atoms with Gasteiger partial charge in [0.25, 0.3) is 0 Å². The molecule has 1 aromatic carbocycles. The molecule has 1 heterocycles. The Morgan fingerprint density at radius 3 is 2.93 bits per heavy atom. The number of piperidine rings is 1. The van der Waals surface area contributed by atoms with Crippen molar-refractivity contribution < 1.29 is 5.11 Å². The fraction of sp³-hybridized carbons (Fsp3) is 0.500. The minimum atomic E-state index is 0.353. The number of phenols is 1. The predicted molar refractivity (Wildman–Crippen MR) is 62.7 cm³/mol. The summed E-state index contributed by atoms with van der Waals surface area (Å²) >= 11 is 6.15. The van der Waals surface area contributed by atoms with E-state index in [9.17, 15) is 5.11 Å². The second-order valence-electron chi connectivity index (χ2n) is 4.17. The Labute approximate surface area is 95.3 Å². The van der Waals surface area contributed by atoms with Crippen LogP contribution in [-0.2, 0) is 0 Å². The van der Waals surface area contributed by atoms with E-state index >= 15 is 0 Å². The molecule has 15 heavy (non-hydrogen) atoms. The van der Waals surface area contributed by atoms with E-state index < -0.39 is 0 Å². The van der Waals surface area contributed by atoms with E-state index in [0.717, 1.165) is 37.1 Å². The van der Waals surface area contributed by atoms with Gasteiger partial charge in [-0.25, -0.2) is 0 Å². The van der Waals surface area contributed by atoms with E-state index in [-0.39, 0.29) is 0 Å². The maximum atomic E-state index is 10.0. The second kappa shape index (κ2) is 4.42. The molecular weight excluding hydrogens is 210 g/mol. The number of phenolic OH excluding ortho intramolecular Hbond substituents is 1. The van der Waals surface area contributed by atoms with Crippen molar-refractivity contribution in [1.82, 2.24) is 5.32 Å². The normalized spacial score (nSPS) is 21.6. The van der Waals surface area contributed by atoms with Gasteiger partial charge >= 0.3 is 0 Å². The molecule has 2 N–H and O–H groups in total. The molecule has 1 aliphatic rings. The first-order valence-corrected chi connectivity index (χ1v) is 5.76. The summed E-state index contributed by atoms with van der Waals surface area (Å²) in [6.07, 6.45) is 2.25. The van der Waals surface area contributed by atoms with Crippen LogP contribution in [0.4, 0.5) is 0 Å². The molecule has 0 radical (unpaired) electrons. The summed E-state index contributed by atoms with van der Waals surface area (Å²) in [5, 5.41) is 14.0. The standard InChI is InChI=1S/C12H16ClNO/c1-8-4-5-10(13)11(12(8)15)9-3-2-6-14-7-9/h4-5,9,14-15H,2-3,6-7H2,1H3. The summed E-state index contributed by atoms with van der Waals surface area (Å²) in [5.74, 6) is 0.724. The van der Waals surface area contributed by atoms with Gasteiger partial charge in [0.05, 0.1) is 0 Å². The van der Waals surface area contributed by atoms with Crippen LogP contribution in [0.15, 0.2) is 12.1 Å². The Balaban J connectivity index is 2.36. The first kappa shape index (κ1) is 10.8. The van der Waals surface area contributed by atoms with Gasteiger partial charge in [0, 0.05) is 23.0 Å². The number of aromatic hydroxyl groups is 1. The highest BCUT2D eigenvalue weighted by Gasteiger charge is 2.21. The lowest BCUT2D eigenvalue weighted by Gasteiger charge is -2.25. The molecule has 2 rings (SSSR count). The Hall–Kier alpha value is -0.730. The van der Waals surface area contributed by atoms with Gasteiger partial charge in [-0.15, -0.1) is 0 Å². The SMILES string of the molecule is Cc1ccc(Cl)c(C2CCCNC2)c1O. The fourth-order valence-corrected chi connectivity index (χ4v) is 2.49. The number of rotatable bonds is 1. The lowest BCUT2D eigenvalue weighted by Crippen LogP contribution is -2.28. The zero-order valence-electron chi connectivity index (χ0n) is 8.89. The average Bonchev–Trinajstić information content (AvgIpc) is 2.26. The van der Waals surface area contributed by atoms with Gasteiger partial charge in [0.2, 0.25) is 0 Å². The predicted octanol–water partition coefficient (Wildman–Crippen LogP) is 2.82. The molecule has 2 nitrogen and oxygen atoms in total. The highest BCUT2D eigenvalue weighted by atomic mass is 35.5. The molecule has 0 amide bonds. The molecule has 0 bridgehead atoms. The molecule has 1 aromatic rings. The molecule has 0 saturated carbocycles. The van der Waals surface area contributed by atoms with Crippen LogP contribution in [-0.4, -0.2) is 18.2 Å². The highest BCUT2D eigenvalue weighted by molar-refractivity contribution is 6.31. The highest BCUT2D eigenvalue weighted by Crippen LogP contribution is 2.37. The lowest BCUT2D eigenvalue weighted by atomic mass is 9.90. The summed E-state index contributed by atoms with van der Waals surface area (Å²) in [6, 6.07) is 3.73. The maximum absolute atomic E-state index is 10.0. The smallest absolute Gasteiger partial charge is 0.123 e. The Morgan fingerprint density at radius 2 is 2.27 bits per heavy atom. The van der Waals surface area contributed by atoms with Gasteiger partial charge < -0.3 is 10.4 Å². The summed E-state index contributed by atoms with van der Waals surface area (Å²) < 4.78 is 0. The van der Waals surface area contributed by atoms with Crippen molar-refractivity contribution in [3.05, 3.63) is 28.3 Å². The number of aryl methyl sites for hydroxylation is 1. The van der Waals surface area contributed by atoms with Crippen molar-refractivity contribution in [3.63, 3.8) is 0 Å². The number of benzene rings is 1. The number of nitrogens with one attached hydrogen (secondary N) is 1. The van der Waals surface area contributed by atoms with Gasteiger partial charge in [-0.1, -0.05) is 17.7 Å². The van der Waals surface area contributed by atoms with Crippen LogP contribution in [0.25, 0.3) is 0 Å². The molecule has 3 heteroatoms. The minimum absolute atomic E-state index is 0.353. The first-order chi connectivity index (χ1) is 7.20. The summed E-state index contributed by atoms with van der Waals surface area (Å²) in [6.45, 7) is 3.89. The molecular formula is C12H16ClNO. The zero-order valence-corrected chi connectivity index (χ0v) is 9.64. The Kier molecular flexibility index (Phi) is 3.17. The third kappa shape index (κ3) is 2.11. The van der Waals surface area contributed by atoms with E-state index in [4.69, 9.17) is 11.6 Å². The molecule has 1 saturated heterocycles. The summed E-state index contributed by atoms with van der Waals surface area (Å²) in [5.41, 5.74) is 1.82. The molecule has 0 spiro atoms. The van der Waals surface area contributed by atoms with Crippen LogP contribution in [0.1, 0.15) is 29.9 Å². The van der Waals surface area contributed by atoms with Crippen molar-refractivity contribution in [1.29, 1.82) is 0 Å². The summed E-state index contributed by atoms with van der Waals surface area (Å²) in [7, 11) is 0. The summed E-state index contributed by atoms with van der Waals surface area (Å²) in [4.78, 5) is 0. The van der Waals surface area contributed by atoms with Crippen LogP contribution in [0.5, 0.6) is 5.75 Å². The third-order valence-electron chi connectivity index (χ3n) is 3.07. The minimum Gasteiger partial charge on any atom is -0.507 e. The number of halogens is 1. The first-order valence-electron chi connectivity index (χ1n) is 5.39. The van der Waals surface area contributed by atoms with E-state index in [1.165, 1.54) is 0 Å². The van der Waals surface area contributed by atoms with Crippen molar-refractivity contribution in [3.8, 4) is 5.75 Å². The van der Waals surface area contributed by atoms with Crippen LogP contribution in [0.3, 0.4) is 0 Å². The molecule has 82 valence electrons.